The number of aromatic nitrogens is 1. The van der Waals surface area contributed by atoms with Crippen LogP contribution in [-0.4, -0.2) is 60.4 Å². The average Bonchev–Trinajstić information content (AvgIpc) is 2.69. The lowest BCUT2D eigenvalue weighted by atomic mass is 10.2. The van der Waals surface area contributed by atoms with E-state index in [2.05, 4.69) is 14.8 Å². The van der Waals surface area contributed by atoms with Crippen LogP contribution in [0.3, 0.4) is 0 Å². The normalized spacial score (nSPS) is 22.9. The van der Waals surface area contributed by atoms with E-state index in [0.717, 1.165) is 24.5 Å². The van der Waals surface area contributed by atoms with Gasteiger partial charge in [-0.05, 0) is 46.5 Å². The summed E-state index contributed by atoms with van der Waals surface area (Å²) in [5, 5.41) is 9.99. The summed E-state index contributed by atoms with van der Waals surface area (Å²) in [4.78, 5) is 8.79. The summed E-state index contributed by atoms with van der Waals surface area (Å²) < 4.78 is 5.85. The molecule has 1 aliphatic rings. The van der Waals surface area contributed by atoms with Crippen LogP contribution in [0, 0.1) is 0 Å². The van der Waals surface area contributed by atoms with Gasteiger partial charge in [0.2, 0.25) is 0 Å². The number of hydrogen-bond acceptors (Lipinski definition) is 5. The summed E-state index contributed by atoms with van der Waals surface area (Å²) in [5.41, 5.74) is 0. The molecule has 1 fully saturated rings. The van der Waals surface area contributed by atoms with Gasteiger partial charge < -0.3 is 19.6 Å². The second-order valence-electron chi connectivity index (χ2n) is 5.95. The van der Waals surface area contributed by atoms with Crippen LogP contribution < -0.4 is 9.64 Å². The lowest BCUT2D eigenvalue weighted by Gasteiger charge is -2.29. The Morgan fingerprint density at radius 2 is 2.25 bits per heavy atom. The molecular weight excluding hydrogens is 254 g/mol. The third-order valence-corrected chi connectivity index (χ3v) is 3.35. The number of pyridine rings is 1. The zero-order chi connectivity index (χ0) is 14.7. The average molecular weight is 279 g/mol. The van der Waals surface area contributed by atoms with Crippen LogP contribution in [0.1, 0.15) is 20.3 Å². The van der Waals surface area contributed by atoms with Gasteiger partial charge in [-0.15, -0.1) is 0 Å². The largest absolute Gasteiger partial charge is 0.487 e. The van der Waals surface area contributed by atoms with Gasteiger partial charge in [-0.1, -0.05) is 0 Å². The van der Waals surface area contributed by atoms with Gasteiger partial charge in [0.15, 0.2) is 11.6 Å². The lowest BCUT2D eigenvalue weighted by Crippen LogP contribution is -2.38. The molecule has 2 rings (SSSR count). The van der Waals surface area contributed by atoms with Crippen molar-refractivity contribution in [1.29, 1.82) is 0 Å². The molecule has 1 aliphatic heterocycles. The molecule has 0 radical (unpaired) electrons. The first-order valence-corrected chi connectivity index (χ1v) is 7.18. The lowest BCUT2D eigenvalue weighted by molar-refractivity contribution is 0.191. The summed E-state index contributed by atoms with van der Waals surface area (Å²) in [6.45, 7) is 5.53. The third-order valence-electron chi connectivity index (χ3n) is 3.35. The quantitative estimate of drug-likeness (QED) is 0.882. The molecule has 5 heteroatoms. The third kappa shape index (κ3) is 3.61. The Balaban J connectivity index is 2.24. The maximum atomic E-state index is 9.99. The molecular formula is C15H25N3O2. The van der Waals surface area contributed by atoms with Crippen molar-refractivity contribution in [1.82, 2.24) is 9.88 Å². The van der Waals surface area contributed by atoms with Crippen LogP contribution in [0.2, 0.25) is 0 Å². The van der Waals surface area contributed by atoms with E-state index in [1.54, 1.807) is 6.20 Å². The molecule has 2 heterocycles. The minimum absolute atomic E-state index is 0.109. The van der Waals surface area contributed by atoms with Crippen LogP contribution in [0.15, 0.2) is 18.3 Å². The Labute approximate surface area is 121 Å². The summed E-state index contributed by atoms with van der Waals surface area (Å²) >= 11 is 0. The fourth-order valence-electron chi connectivity index (χ4n) is 2.69. The van der Waals surface area contributed by atoms with Crippen LogP contribution in [-0.2, 0) is 0 Å². The zero-order valence-electron chi connectivity index (χ0n) is 12.8. The Kier molecular flexibility index (Phi) is 4.83. The molecule has 1 aromatic heterocycles. The fourth-order valence-corrected chi connectivity index (χ4v) is 2.69. The molecule has 2 atom stereocenters. The van der Waals surface area contributed by atoms with Crippen molar-refractivity contribution in [3.63, 3.8) is 0 Å². The van der Waals surface area contributed by atoms with Gasteiger partial charge in [-0.3, -0.25) is 0 Å². The Bertz CT molecular complexity index is 437. The van der Waals surface area contributed by atoms with Crippen molar-refractivity contribution in [2.75, 3.05) is 32.1 Å². The van der Waals surface area contributed by atoms with E-state index in [9.17, 15) is 5.11 Å². The summed E-state index contributed by atoms with van der Waals surface area (Å²) in [5.74, 6) is 1.63. The molecule has 0 aliphatic carbocycles. The molecule has 1 N–H and O–H groups in total. The predicted octanol–water partition coefficient (Wildman–Crippen LogP) is 1.37. The molecule has 1 aromatic rings. The van der Waals surface area contributed by atoms with Gasteiger partial charge >= 0.3 is 0 Å². The summed E-state index contributed by atoms with van der Waals surface area (Å²) in [6, 6.07) is 4.10. The van der Waals surface area contributed by atoms with Crippen LogP contribution in [0.25, 0.3) is 0 Å². The van der Waals surface area contributed by atoms with Gasteiger partial charge in [-0.25, -0.2) is 4.98 Å². The van der Waals surface area contributed by atoms with Crippen molar-refractivity contribution in [2.24, 2.45) is 0 Å². The first kappa shape index (κ1) is 15.1. The maximum absolute atomic E-state index is 9.99. The highest BCUT2D eigenvalue weighted by Crippen LogP contribution is 2.32. The number of aliphatic hydroxyl groups excluding tert-OH is 1. The van der Waals surface area contributed by atoms with E-state index in [1.807, 2.05) is 40.1 Å². The fraction of sp³-hybridized carbons (Fsp3) is 0.667. The summed E-state index contributed by atoms with van der Waals surface area (Å²) in [6.07, 6.45) is 2.36. The maximum Gasteiger partial charge on any atom is 0.171 e. The molecule has 0 aromatic carbocycles. The first-order valence-electron chi connectivity index (χ1n) is 7.18. The Morgan fingerprint density at radius 3 is 2.90 bits per heavy atom. The molecule has 2 unspecified atom stereocenters. The number of hydrogen-bond donors (Lipinski definition) is 1. The monoisotopic (exact) mass is 279 g/mol. The standard InChI is InChI=1S/C15H25N3O2/c1-11(2)20-14-6-5-7-16-15(14)18-10-13(19)8-12(18)9-17(3)4/h5-7,11-13,19H,8-10H2,1-4H3. The number of likely N-dealkylation sites (N-methyl/N-ethyl adjacent to an activating group) is 1. The highest BCUT2D eigenvalue weighted by atomic mass is 16.5. The van der Waals surface area contributed by atoms with E-state index >= 15 is 0 Å². The molecule has 112 valence electrons. The van der Waals surface area contributed by atoms with Crippen molar-refractivity contribution < 1.29 is 9.84 Å². The van der Waals surface area contributed by atoms with Gasteiger partial charge in [0, 0.05) is 25.3 Å². The number of ether oxygens (including phenoxy) is 1. The van der Waals surface area contributed by atoms with Gasteiger partial charge in [0.1, 0.15) is 0 Å². The van der Waals surface area contributed by atoms with Crippen molar-refractivity contribution in [2.45, 2.75) is 38.5 Å². The highest BCUT2D eigenvalue weighted by molar-refractivity contribution is 5.54. The van der Waals surface area contributed by atoms with Crippen LogP contribution in [0.5, 0.6) is 5.75 Å². The van der Waals surface area contributed by atoms with E-state index < -0.39 is 0 Å². The van der Waals surface area contributed by atoms with E-state index in [-0.39, 0.29) is 18.2 Å². The molecule has 0 bridgehead atoms. The van der Waals surface area contributed by atoms with E-state index in [4.69, 9.17) is 4.74 Å². The molecule has 0 saturated carbocycles. The highest BCUT2D eigenvalue weighted by Gasteiger charge is 2.33. The van der Waals surface area contributed by atoms with E-state index in [1.165, 1.54) is 0 Å². The smallest absolute Gasteiger partial charge is 0.171 e. The molecule has 0 amide bonds. The SMILES string of the molecule is CC(C)Oc1cccnc1N1CC(O)CC1CN(C)C. The number of rotatable bonds is 5. The van der Waals surface area contributed by atoms with Crippen LogP contribution >= 0.6 is 0 Å². The Morgan fingerprint density at radius 1 is 1.50 bits per heavy atom. The second-order valence-corrected chi connectivity index (χ2v) is 5.95. The van der Waals surface area contributed by atoms with Crippen LogP contribution in [0.4, 0.5) is 5.82 Å². The van der Waals surface area contributed by atoms with Crippen molar-refractivity contribution >= 4 is 5.82 Å². The van der Waals surface area contributed by atoms with Crippen molar-refractivity contribution in [3.05, 3.63) is 18.3 Å². The predicted molar refractivity (Wildman–Crippen MR) is 80.3 cm³/mol. The van der Waals surface area contributed by atoms with Gasteiger partial charge in [0.05, 0.1) is 12.2 Å². The summed E-state index contributed by atoms with van der Waals surface area (Å²) in [7, 11) is 4.10. The molecule has 0 spiro atoms. The Hall–Kier alpha value is -1.33. The second kappa shape index (κ2) is 6.41. The number of nitrogens with zero attached hydrogens (tertiary/aromatic N) is 3. The number of anilines is 1. The van der Waals surface area contributed by atoms with Gasteiger partial charge in [0.25, 0.3) is 0 Å². The van der Waals surface area contributed by atoms with Crippen molar-refractivity contribution in [3.8, 4) is 5.75 Å². The molecule has 5 nitrogen and oxygen atoms in total. The minimum Gasteiger partial charge on any atom is -0.487 e. The van der Waals surface area contributed by atoms with Gasteiger partial charge in [-0.2, -0.15) is 0 Å². The minimum atomic E-state index is -0.297. The number of aliphatic hydroxyl groups is 1. The number of β-amino-alcohol motifs (C(OH)–C–C–N with tert-alkyl or cyclic N) is 1. The zero-order valence-corrected chi connectivity index (χ0v) is 12.8. The van der Waals surface area contributed by atoms with E-state index in [0.29, 0.717) is 6.54 Å². The first-order chi connectivity index (χ1) is 9.47. The molecule has 1 saturated heterocycles. The molecule has 20 heavy (non-hydrogen) atoms. The topological polar surface area (TPSA) is 48.8 Å².